The molecule has 1 N–H and O–H groups in total. The van der Waals surface area contributed by atoms with E-state index in [1.54, 1.807) is 6.07 Å². The zero-order valence-corrected chi connectivity index (χ0v) is 22.6. The average molecular weight is 498 g/mol. The first-order valence-electron chi connectivity index (χ1n) is 13.5. The van der Waals surface area contributed by atoms with Gasteiger partial charge in [-0.1, -0.05) is 58.3 Å². The lowest BCUT2D eigenvalue weighted by Gasteiger charge is -2.30. The minimum Gasteiger partial charge on any atom is -0.457 e. The standard InChI is InChI=1S/C30H43NO5/c1-6-8-23-17-21(3)10-7-9-20(2)11-13-25(36-28(33)15-16-30(4,5)29(23)34)22-12-14-26-24(18-22)31-27(19-32)35-26/h11-12,14,18,21,23,25,32H,6-10,13,15-17,19H2,1-5H3/b20-11-. The van der Waals surface area contributed by atoms with Crippen molar-refractivity contribution in [3.8, 4) is 0 Å². The van der Waals surface area contributed by atoms with Gasteiger partial charge in [0, 0.05) is 24.2 Å². The summed E-state index contributed by atoms with van der Waals surface area (Å²) < 4.78 is 11.5. The van der Waals surface area contributed by atoms with Crippen LogP contribution in [0.25, 0.3) is 11.1 Å². The molecule has 0 radical (unpaired) electrons. The Hall–Kier alpha value is -2.47. The summed E-state index contributed by atoms with van der Waals surface area (Å²) in [4.78, 5) is 30.8. The van der Waals surface area contributed by atoms with Crippen LogP contribution < -0.4 is 0 Å². The molecule has 198 valence electrons. The van der Waals surface area contributed by atoms with Crippen LogP contribution in [-0.2, 0) is 20.9 Å². The number of oxazole rings is 1. The third-order valence-electron chi connectivity index (χ3n) is 7.50. The SMILES string of the molecule is CCCC1CC(C)CCC/C(C)=C\CC(c2ccc3oc(CO)nc3c2)OC(=O)CCC(C)(C)C1=O. The molecule has 1 aliphatic heterocycles. The van der Waals surface area contributed by atoms with E-state index < -0.39 is 11.5 Å². The molecule has 0 saturated heterocycles. The van der Waals surface area contributed by atoms with Crippen LogP contribution in [0.2, 0.25) is 0 Å². The average Bonchev–Trinajstić information content (AvgIpc) is 3.26. The fourth-order valence-corrected chi connectivity index (χ4v) is 5.27. The van der Waals surface area contributed by atoms with Gasteiger partial charge in [0.1, 0.15) is 24.0 Å². The van der Waals surface area contributed by atoms with Gasteiger partial charge in [0.2, 0.25) is 5.89 Å². The summed E-state index contributed by atoms with van der Waals surface area (Å²) in [5, 5.41) is 9.34. The van der Waals surface area contributed by atoms with Gasteiger partial charge in [-0.05, 0) is 62.6 Å². The topological polar surface area (TPSA) is 89.6 Å². The summed E-state index contributed by atoms with van der Waals surface area (Å²) in [6.07, 6.45) is 8.96. The largest absolute Gasteiger partial charge is 0.457 e. The number of aliphatic hydroxyl groups is 1. The van der Waals surface area contributed by atoms with E-state index in [-0.39, 0.29) is 36.6 Å². The van der Waals surface area contributed by atoms with E-state index in [4.69, 9.17) is 9.15 Å². The molecule has 0 fully saturated rings. The van der Waals surface area contributed by atoms with E-state index in [1.807, 2.05) is 26.0 Å². The van der Waals surface area contributed by atoms with Gasteiger partial charge in [-0.2, -0.15) is 0 Å². The Morgan fingerprint density at radius 2 is 1.97 bits per heavy atom. The molecular formula is C30H43NO5. The van der Waals surface area contributed by atoms with Crippen molar-refractivity contribution in [3.05, 3.63) is 41.3 Å². The first kappa shape index (κ1) is 28.1. The minimum absolute atomic E-state index is 0.0475. The number of benzene rings is 1. The van der Waals surface area contributed by atoms with Crippen LogP contribution in [-0.4, -0.2) is 21.8 Å². The number of esters is 1. The Kier molecular flexibility index (Phi) is 9.89. The lowest BCUT2D eigenvalue weighted by Crippen LogP contribution is -2.33. The molecule has 3 rings (SSSR count). The van der Waals surface area contributed by atoms with Gasteiger partial charge in [0.05, 0.1) is 0 Å². The molecule has 2 heterocycles. The lowest BCUT2D eigenvalue weighted by molar-refractivity contribution is -0.150. The maximum Gasteiger partial charge on any atom is 0.306 e. The van der Waals surface area contributed by atoms with Crippen molar-refractivity contribution < 1.29 is 23.8 Å². The highest BCUT2D eigenvalue weighted by atomic mass is 16.5. The minimum atomic E-state index is -0.568. The second-order valence-corrected chi connectivity index (χ2v) is 11.2. The Balaban J connectivity index is 1.86. The van der Waals surface area contributed by atoms with Gasteiger partial charge in [-0.25, -0.2) is 4.98 Å². The first-order valence-corrected chi connectivity index (χ1v) is 13.5. The highest BCUT2D eigenvalue weighted by Crippen LogP contribution is 2.34. The highest BCUT2D eigenvalue weighted by Gasteiger charge is 2.34. The molecule has 0 saturated carbocycles. The van der Waals surface area contributed by atoms with Crippen molar-refractivity contribution in [1.29, 1.82) is 0 Å². The van der Waals surface area contributed by atoms with Crippen LogP contribution >= 0.6 is 0 Å². The number of hydrogen-bond acceptors (Lipinski definition) is 6. The molecule has 3 unspecified atom stereocenters. The van der Waals surface area contributed by atoms with Gasteiger partial charge in [0.15, 0.2) is 5.58 Å². The number of aliphatic hydroxyl groups excluding tert-OH is 1. The lowest BCUT2D eigenvalue weighted by atomic mass is 9.73. The Morgan fingerprint density at radius 1 is 1.19 bits per heavy atom. The summed E-state index contributed by atoms with van der Waals surface area (Å²) in [6, 6.07) is 5.55. The number of carbonyl (C=O) groups is 2. The van der Waals surface area contributed by atoms with E-state index in [0.29, 0.717) is 29.9 Å². The van der Waals surface area contributed by atoms with Crippen molar-refractivity contribution in [2.45, 2.75) is 105 Å². The van der Waals surface area contributed by atoms with Gasteiger partial charge in [-0.3, -0.25) is 9.59 Å². The molecule has 2 aromatic rings. The normalized spacial score (nSPS) is 26.4. The van der Waals surface area contributed by atoms with Crippen LogP contribution in [0.3, 0.4) is 0 Å². The Bertz CT molecular complexity index is 1070. The van der Waals surface area contributed by atoms with E-state index in [9.17, 15) is 14.7 Å². The molecule has 1 aromatic carbocycles. The molecular weight excluding hydrogens is 454 g/mol. The second-order valence-electron chi connectivity index (χ2n) is 11.2. The van der Waals surface area contributed by atoms with Crippen molar-refractivity contribution in [1.82, 2.24) is 4.98 Å². The van der Waals surface area contributed by atoms with E-state index in [2.05, 4.69) is 31.8 Å². The number of ether oxygens (including phenoxy) is 1. The van der Waals surface area contributed by atoms with Crippen LogP contribution in [0, 0.1) is 17.3 Å². The van der Waals surface area contributed by atoms with Crippen LogP contribution in [0.4, 0.5) is 0 Å². The maximum atomic E-state index is 13.5. The first-order chi connectivity index (χ1) is 17.1. The number of hydrogen-bond donors (Lipinski definition) is 1. The van der Waals surface area contributed by atoms with Crippen molar-refractivity contribution in [2.24, 2.45) is 17.3 Å². The zero-order valence-electron chi connectivity index (χ0n) is 22.6. The monoisotopic (exact) mass is 497 g/mol. The van der Waals surface area contributed by atoms with Gasteiger partial charge < -0.3 is 14.3 Å². The number of Topliss-reactive ketones (excluding diaryl/α,β-unsaturated/α-hetero) is 1. The second kappa shape index (κ2) is 12.7. The van der Waals surface area contributed by atoms with Crippen molar-refractivity contribution in [3.63, 3.8) is 0 Å². The number of cyclic esters (lactones) is 1. The van der Waals surface area contributed by atoms with Crippen LogP contribution in [0.5, 0.6) is 0 Å². The highest BCUT2D eigenvalue weighted by molar-refractivity contribution is 5.87. The third kappa shape index (κ3) is 7.52. The maximum absolute atomic E-state index is 13.5. The number of aromatic nitrogens is 1. The zero-order chi connectivity index (χ0) is 26.3. The molecule has 0 amide bonds. The van der Waals surface area contributed by atoms with Gasteiger partial charge in [-0.15, -0.1) is 0 Å². The Labute approximate surface area is 215 Å². The number of rotatable bonds is 4. The smallest absolute Gasteiger partial charge is 0.306 e. The van der Waals surface area contributed by atoms with Crippen LogP contribution in [0.1, 0.15) is 110 Å². The summed E-state index contributed by atoms with van der Waals surface area (Å²) in [6.45, 7) is 10.2. The number of fused-ring (bicyclic) bond motifs is 1. The van der Waals surface area contributed by atoms with Crippen molar-refractivity contribution in [2.75, 3.05) is 0 Å². The quantitative estimate of drug-likeness (QED) is 0.354. The number of ketones is 1. The molecule has 0 spiro atoms. The number of allylic oxidation sites excluding steroid dienone is 1. The van der Waals surface area contributed by atoms with E-state index in [0.717, 1.165) is 44.1 Å². The Morgan fingerprint density at radius 3 is 2.69 bits per heavy atom. The summed E-state index contributed by atoms with van der Waals surface area (Å²) in [5.74, 6) is 0.787. The molecule has 0 aliphatic carbocycles. The van der Waals surface area contributed by atoms with E-state index >= 15 is 0 Å². The molecule has 1 aliphatic rings. The number of nitrogens with zero attached hydrogens (tertiary/aromatic N) is 1. The molecule has 0 bridgehead atoms. The van der Waals surface area contributed by atoms with Crippen molar-refractivity contribution >= 4 is 22.9 Å². The molecule has 36 heavy (non-hydrogen) atoms. The number of carbonyl (C=O) groups excluding carboxylic acids is 2. The fraction of sp³-hybridized carbons (Fsp3) is 0.633. The predicted octanol–water partition coefficient (Wildman–Crippen LogP) is 7.24. The molecule has 1 aromatic heterocycles. The summed E-state index contributed by atoms with van der Waals surface area (Å²) in [7, 11) is 0. The van der Waals surface area contributed by atoms with Gasteiger partial charge >= 0.3 is 5.97 Å². The van der Waals surface area contributed by atoms with Gasteiger partial charge in [0.25, 0.3) is 0 Å². The molecule has 6 nitrogen and oxygen atoms in total. The molecule has 3 atom stereocenters. The predicted molar refractivity (Wildman–Crippen MR) is 141 cm³/mol. The van der Waals surface area contributed by atoms with E-state index in [1.165, 1.54) is 5.57 Å². The fourth-order valence-electron chi connectivity index (χ4n) is 5.27. The molecule has 6 heteroatoms. The van der Waals surface area contributed by atoms with Crippen LogP contribution in [0.15, 0.2) is 34.3 Å². The third-order valence-corrected chi connectivity index (χ3v) is 7.50. The summed E-state index contributed by atoms with van der Waals surface area (Å²) >= 11 is 0. The summed E-state index contributed by atoms with van der Waals surface area (Å²) in [5.41, 5.74) is 2.77.